The number of para-hydroxylation sites is 1. The first-order valence-electron chi connectivity index (χ1n) is 7.14. The van der Waals surface area contributed by atoms with E-state index in [0.717, 1.165) is 17.5 Å². The number of likely N-dealkylation sites (tertiary alicyclic amines) is 1. The Bertz CT molecular complexity index is 632. The molecule has 4 heteroatoms. The van der Waals surface area contributed by atoms with Gasteiger partial charge in [-0.2, -0.15) is 0 Å². The van der Waals surface area contributed by atoms with Crippen LogP contribution in [0.1, 0.15) is 42.3 Å². The van der Waals surface area contributed by atoms with Crippen LogP contribution < -0.4 is 0 Å². The highest BCUT2D eigenvalue weighted by atomic mass is 16.4. The van der Waals surface area contributed by atoms with Crippen LogP contribution in [0.25, 0.3) is 11.0 Å². The molecular formula is C16H19NO3. The molecule has 1 aliphatic heterocycles. The van der Waals surface area contributed by atoms with Crippen LogP contribution in [0.5, 0.6) is 0 Å². The Hall–Kier alpha value is -1.81. The minimum absolute atomic E-state index is 0.0870. The maximum atomic E-state index is 11.4. The van der Waals surface area contributed by atoms with Crippen molar-refractivity contribution in [1.29, 1.82) is 0 Å². The predicted octanol–water partition coefficient (Wildman–Crippen LogP) is 3.51. The van der Waals surface area contributed by atoms with Crippen LogP contribution >= 0.6 is 0 Å². The summed E-state index contributed by atoms with van der Waals surface area (Å²) in [7, 11) is 0. The normalized spacial score (nSPS) is 20.4. The van der Waals surface area contributed by atoms with Gasteiger partial charge in [0.25, 0.3) is 0 Å². The van der Waals surface area contributed by atoms with E-state index in [1.54, 1.807) is 0 Å². The fourth-order valence-corrected chi connectivity index (χ4v) is 3.02. The number of hydrogen-bond acceptors (Lipinski definition) is 3. The van der Waals surface area contributed by atoms with Crippen LogP contribution in [-0.2, 0) is 6.54 Å². The molecule has 1 aromatic heterocycles. The number of furan rings is 1. The molecule has 1 aliphatic rings. The van der Waals surface area contributed by atoms with Crippen LogP contribution in [0.15, 0.2) is 28.7 Å². The van der Waals surface area contributed by atoms with E-state index in [-0.39, 0.29) is 5.76 Å². The number of nitrogens with zero attached hydrogens (tertiary/aromatic N) is 1. The van der Waals surface area contributed by atoms with Crippen molar-refractivity contribution in [3.63, 3.8) is 0 Å². The molecule has 2 heterocycles. The Morgan fingerprint density at radius 1 is 1.40 bits per heavy atom. The second-order valence-electron chi connectivity index (χ2n) is 5.53. The molecule has 0 bridgehead atoms. The van der Waals surface area contributed by atoms with Gasteiger partial charge in [-0.25, -0.2) is 4.79 Å². The third-order valence-electron chi connectivity index (χ3n) is 4.19. The van der Waals surface area contributed by atoms with Gasteiger partial charge in [0.15, 0.2) is 0 Å². The molecule has 4 nitrogen and oxygen atoms in total. The number of fused-ring (bicyclic) bond motifs is 1. The molecule has 1 aromatic carbocycles. The highest BCUT2D eigenvalue weighted by Crippen LogP contribution is 2.29. The average Bonchev–Trinajstić information content (AvgIpc) is 2.81. The van der Waals surface area contributed by atoms with E-state index in [9.17, 15) is 9.90 Å². The van der Waals surface area contributed by atoms with Gasteiger partial charge in [-0.3, -0.25) is 4.90 Å². The molecule has 0 radical (unpaired) electrons. The van der Waals surface area contributed by atoms with Crippen molar-refractivity contribution in [2.45, 2.75) is 38.8 Å². The third kappa shape index (κ3) is 2.31. The van der Waals surface area contributed by atoms with Crippen molar-refractivity contribution < 1.29 is 14.3 Å². The van der Waals surface area contributed by atoms with Crippen LogP contribution in [0.3, 0.4) is 0 Å². The number of rotatable bonds is 3. The standard InChI is InChI=1S/C16H19NO3/c1-11-6-4-5-9-17(11)10-13-12-7-2-3-8-14(12)20-15(13)16(18)19/h2-3,7-8,11H,4-6,9-10H2,1H3,(H,18,19). The maximum absolute atomic E-state index is 11.4. The van der Waals surface area contributed by atoms with Crippen molar-refractivity contribution in [2.24, 2.45) is 0 Å². The van der Waals surface area contributed by atoms with Gasteiger partial charge in [-0.05, 0) is 32.4 Å². The van der Waals surface area contributed by atoms with E-state index >= 15 is 0 Å². The first-order chi connectivity index (χ1) is 9.66. The van der Waals surface area contributed by atoms with Crippen LogP contribution in [0, 0.1) is 0 Å². The van der Waals surface area contributed by atoms with Crippen molar-refractivity contribution in [3.8, 4) is 0 Å². The van der Waals surface area contributed by atoms with Gasteiger partial charge in [0.2, 0.25) is 5.76 Å². The van der Waals surface area contributed by atoms with Gasteiger partial charge < -0.3 is 9.52 Å². The fourth-order valence-electron chi connectivity index (χ4n) is 3.02. The summed E-state index contributed by atoms with van der Waals surface area (Å²) in [6, 6.07) is 8.05. The number of carboxylic acids is 1. The SMILES string of the molecule is CC1CCCCN1Cc1c(C(=O)O)oc2ccccc12. The summed E-state index contributed by atoms with van der Waals surface area (Å²) in [5, 5.41) is 10.3. The minimum Gasteiger partial charge on any atom is -0.475 e. The molecule has 3 rings (SSSR count). The Kier molecular flexibility index (Phi) is 3.49. The van der Waals surface area contributed by atoms with Crippen LogP contribution in [0.4, 0.5) is 0 Å². The largest absolute Gasteiger partial charge is 0.475 e. The topological polar surface area (TPSA) is 53.7 Å². The van der Waals surface area contributed by atoms with Crippen molar-refractivity contribution in [2.75, 3.05) is 6.54 Å². The average molecular weight is 273 g/mol. The lowest BCUT2D eigenvalue weighted by Crippen LogP contribution is -2.37. The van der Waals surface area contributed by atoms with Gasteiger partial charge >= 0.3 is 5.97 Å². The highest BCUT2D eigenvalue weighted by Gasteiger charge is 2.25. The summed E-state index contributed by atoms with van der Waals surface area (Å²) < 4.78 is 5.51. The van der Waals surface area contributed by atoms with Gasteiger partial charge in [0.05, 0.1) is 0 Å². The number of carboxylic acid groups (broad SMARTS) is 1. The smallest absolute Gasteiger partial charge is 0.372 e. The van der Waals surface area contributed by atoms with Crippen molar-refractivity contribution >= 4 is 16.9 Å². The zero-order chi connectivity index (χ0) is 14.1. The summed E-state index contributed by atoms with van der Waals surface area (Å²) in [6.45, 7) is 3.89. The maximum Gasteiger partial charge on any atom is 0.372 e. The molecule has 1 atom stereocenters. The van der Waals surface area contributed by atoms with E-state index in [0.29, 0.717) is 18.2 Å². The van der Waals surface area contributed by atoms with E-state index in [2.05, 4.69) is 11.8 Å². The number of carbonyl (C=O) groups is 1. The van der Waals surface area contributed by atoms with E-state index in [1.165, 1.54) is 19.3 Å². The summed E-state index contributed by atoms with van der Waals surface area (Å²) in [4.78, 5) is 13.8. The number of aromatic carboxylic acids is 1. The van der Waals surface area contributed by atoms with Gasteiger partial charge in [-0.1, -0.05) is 24.6 Å². The lowest BCUT2D eigenvalue weighted by molar-refractivity contribution is 0.0659. The number of piperidine rings is 1. The van der Waals surface area contributed by atoms with Crippen LogP contribution in [0.2, 0.25) is 0 Å². The molecule has 106 valence electrons. The quantitative estimate of drug-likeness (QED) is 0.929. The minimum atomic E-state index is -0.985. The first-order valence-corrected chi connectivity index (χ1v) is 7.14. The van der Waals surface area contributed by atoms with Crippen molar-refractivity contribution in [3.05, 3.63) is 35.6 Å². The second-order valence-corrected chi connectivity index (χ2v) is 5.53. The zero-order valence-corrected chi connectivity index (χ0v) is 11.6. The molecule has 1 fully saturated rings. The first kappa shape index (κ1) is 13.2. The molecule has 1 N–H and O–H groups in total. The molecule has 0 spiro atoms. The predicted molar refractivity (Wildman–Crippen MR) is 76.9 cm³/mol. The van der Waals surface area contributed by atoms with Gasteiger partial charge in [0.1, 0.15) is 5.58 Å². The molecule has 20 heavy (non-hydrogen) atoms. The summed E-state index contributed by atoms with van der Waals surface area (Å²) in [5.41, 5.74) is 1.46. The summed E-state index contributed by atoms with van der Waals surface area (Å²) in [5.74, 6) is -0.898. The Balaban J connectivity index is 2.00. The molecule has 2 aromatic rings. The molecule has 1 saturated heterocycles. The van der Waals surface area contributed by atoms with E-state index in [4.69, 9.17) is 4.42 Å². The fraction of sp³-hybridized carbons (Fsp3) is 0.438. The van der Waals surface area contributed by atoms with E-state index < -0.39 is 5.97 Å². The Labute approximate surface area is 118 Å². The lowest BCUT2D eigenvalue weighted by Gasteiger charge is -2.33. The monoisotopic (exact) mass is 273 g/mol. The number of hydrogen-bond donors (Lipinski definition) is 1. The summed E-state index contributed by atoms with van der Waals surface area (Å²) in [6.07, 6.45) is 3.62. The van der Waals surface area contributed by atoms with Crippen LogP contribution in [-0.4, -0.2) is 28.6 Å². The molecular weight excluding hydrogens is 254 g/mol. The van der Waals surface area contributed by atoms with Gasteiger partial charge in [-0.15, -0.1) is 0 Å². The number of benzene rings is 1. The molecule has 0 saturated carbocycles. The Morgan fingerprint density at radius 2 is 2.20 bits per heavy atom. The lowest BCUT2D eigenvalue weighted by atomic mass is 10.0. The van der Waals surface area contributed by atoms with Gasteiger partial charge in [0, 0.05) is 23.5 Å². The molecule has 0 amide bonds. The zero-order valence-electron chi connectivity index (χ0n) is 11.6. The summed E-state index contributed by atoms with van der Waals surface area (Å²) >= 11 is 0. The molecule has 0 aliphatic carbocycles. The third-order valence-corrected chi connectivity index (χ3v) is 4.19. The van der Waals surface area contributed by atoms with Crippen molar-refractivity contribution in [1.82, 2.24) is 4.90 Å². The molecule has 1 unspecified atom stereocenters. The second kappa shape index (κ2) is 5.29. The van der Waals surface area contributed by atoms with E-state index in [1.807, 2.05) is 24.3 Å². The highest BCUT2D eigenvalue weighted by molar-refractivity contribution is 5.95. The Morgan fingerprint density at radius 3 is 2.95 bits per heavy atom.